The van der Waals surface area contributed by atoms with Gasteiger partial charge >= 0.3 is 6.18 Å². The molecule has 0 unspecified atom stereocenters. The summed E-state index contributed by atoms with van der Waals surface area (Å²) in [5.74, 6) is -0.713. The highest BCUT2D eigenvalue weighted by atomic mass is 32.2. The van der Waals surface area contributed by atoms with Crippen molar-refractivity contribution in [3.8, 4) is 0 Å². The largest absolute Gasteiger partial charge is 0.431 e. The highest BCUT2D eigenvalue weighted by molar-refractivity contribution is 8.00. The number of oxazole rings is 1. The van der Waals surface area contributed by atoms with Crippen molar-refractivity contribution in [2.45, 2.75) is 23.6 Å². The Kier molecular flexibility index (Phi) is 4.22. The van der Waals surface area contributed by atoms with Crippen LogP contribution >= 0.6 is 11.8 Å². The molecule has 0 aliphatic heterocycles. The smallest absolute Gasteiger partial charge is 0.405 e. The second-order valence-electron chi connectivity index (χ2n) is 4.04. The van der Waals surface area contributed by atoms with Gasteiger partial charge in [0.25, 0.3) is 5.22 Å². The molecule has 0 saturated heterocycles. The first kappa shape index (κ1) is 14.7. The van der Waals surface area contributed by atoms with Crippen molar-refractivity contribution in [2.75, 3.05) is 6.54 Å². The van der Waals surface area contributed by atoms with Crippen LogP contribution in [0.4, 0.5) is 13.2 Å². The van der Waals surface area contributed by atoms with Gasteiger partial charge in [0, 0.05) is 0 Å². The summed E-state index contributed by atoms with van der Waals surface area (Å²) in [7, 11) is 0. The van der Waals surface area contributed by atoms with Gasteiger partial charge in [-0.25, -0.2) is 4.98 Å². The number of rotatable bonds is 4. The van der Waals surface area contributed by atoms with Crippen LogP contribution in [0.2, 0.25) is 0 Å². The van der Waals surface area contributed by atoms with Crippen molar-refractivity contribution in [3.63, 3.8) is 0 Å². The Bertz CT molecular complexity index is 579. The van der Waals surface area contributed by atoms with E-state index in [0.29, 0.717) is 11.1 Å². The number of alkyl halides is 3. The third-order valence-corrected chi connectivity index (χ3v) is 3.33. The summed E-state index contributed by atoms with van der Waals surface area (Å²) in [5, 5.41) is 1.34. The van der Waals surface area contributed by atoms with E-state index < -0.39 is 23.9 Å². The predicted octanol–water partition coefficient (Wildman–Crippen LogP) is 2.99. The van der Waals surface area contributed by atoms with E-state index >= 15 is 0 Å². The average Bonchev–Trinajstić information content (AvgIpc) is 2.76. The number of para-hydroxylation sites is 2. The topological polar surface area (TPSA) is 55.1 Å². The summed E-state index contributed by atoms with van der Waals surface area (Å²) in [6, 6.07) is 7.04. The quantitative estimate of drug-likeness (QED) is 0.882. The molecule has 0 fully saturated rings. The molecule has 2 rings (SSSR count). The van der Waals surface area contributed by atoms with E-state index in [2.05, 4.69) is 4.98 Å². The Morgan fingerprint density at radius 2 is 2.15 bits per heavy atom. The molecular weight excluding hydrogens is 293 g/mol. The molecule has 8 heteroatoms. The number of nitrogens with one attached hydrogen (secondary N) is 1. The lowest BCUT2D eigenvalue weighted by molar-refractivity contribution is -0.137. The molecule has 0 radical (unpaired) electrons. The molecule has 1 atom stereocenters. The number of nitrogens with zero attached hydrogens (tertiary/aromatic N) is 1. The van der Waals surface area contributed by atoms with Crippen LogP contribution in [0, 0.1) is 0 Å². The molecule has 2 aromatic rings. The summed E-state index contributed by atoms with van der Waals surface area (Å²) in [6.07, 6.45) is -4.42. The summed E-state index contributed by atoms with van der Waals surface area (Å²) in [5.41, 5.74) is 1.20. The predicted molar refractivity (Wildman–Crippen MR) is 68.4 cm³/mol. The van der Waals surface area contributed by atoms with Crippen LogP contribution in [0.1, 0.15) is 6.92 Å². The van der Waals surface area contributed by atoms with Gasteiger partial charge in [0.05, 0.1) is 5.25 Å². The third kappa shape index (κ3) is 3.89. The Labute approximate surface area is 116 Å². The van der Waals surface area contributed by atoms with E-state index in [4.69, 9.17) is 4.42 Å². The number of halogens is 3. The van der Waals surface area contributed by atoms with Gasteiger partial charge in [-0.2, -0.15) is 13.2 Å². The Morgan fingerprint density at radius 1 is 1.45 bits per heavy atom. The molecule has 0 saturated carbocycles. The zero-order valence-corrected chi connectivity index (χ0v) is 11.2. The van der Waals surface area contributed by atoms with Crippen molar-refractivity contribution in [1.82, 2.24) is 10.3 Å². The standard InChI is InChI=1S/C12H11F3N2O2S/c1-7(10(18)16-6-12(13,14)15)20-11-17-8-4-2-3-5-9(8)19-11/h2-5,7H,6H2,1H3,(H,16,18)/t7-/m1/s1. The summed E-state index contributed by atoms with van der Waals surface area (Å²) < 4.78 is 41.4. The van der Waals surface area contributed by atoms with Gasteiger partial charge in [-0.05, 0) is 19.1 Å². The monoisotopic (exact) mass is 304 g/mol. The number of hydrogen-bond acceptors (Lipinski definition) is 4. The molecule has 0 bridgehead atoms. The minimum absolute atomic E-state index is 0.251. The lowest BCUT2D eigenvalue weighted by Gasteiger charge is -2.11. The minimum Gasteiger partial charge on any atom is -0.431 e. The molecule has 0 aliphatic carbocycles. The maximum atomic E-state index is 12.0. The Morgan fingerprint density at radius 3 is 2.80 bits per heavy atom. The normalized spacial score (nSPS) is 13.4. The molecule has 4 nitrogen and oxygen atoms in total. The Hall–Kier alpha value is -1.70. The molecule has 0 aliphatic rings. The number of benzene rings is 1. The van der Waals surface area contributed by atoms with Crippen molar-refractivity contribution >= 4 is 28.8 Å². The molecule has 1 aromatic carbocycles. The van der Waals surface area contributed by atoms with Gasteiger partial charge in [-0.3, -0.25) is 4.79 Å². The van der Waals surface area contributed by atoms with Crippen LogP contribution in [0.25, 0.3) is 11.1 Å². The summed E-state index contributed by atoms with van der Waals surface area (Å²) >= 11 is 0.971. The number of thioether (sulfide) groups is 1. The molecule has 1 heterocycles. The van der Waals surface area contributed by atoms with Gasteiger partial charge in [-0.15, -0.1) is 0 Å². The summed E-state index contributed by atoms with van der Waals surface area (Å²) in [4.78, 5) is 15.6. The SMILES string of the molecule is C[C@@H](Sc1nc2ccccc2o1)C(=O)NCC(F)(F)F. The van der Waals surface area contributed by atoms with E-state index in [0.717, 1.165) is 11.8 Å². The second kappa shape index (κ2) is 5.74. The van der Waals surface area contributed by atoms with E-state index in [1.54, 1.807) is 24.3 Å². The van der Waals surface area contributed by atoms with Gasteiger partial charge in [0.1, 0.15) is 12.1 Å². The zero-order chi connectivity index (χ0) is 14.8. The molecule has 1 amide bonds. The maximum absolute atomic E-state index is 12.0. The first-order valence-corrected chi connectivity index (χ1v) is 6.60. The second-order valence-corrected chi connectivity index (χ2v) is 5.33. The van der Waals surface area contributed by atoms with Crippen LogP contribution in [0.15, 0.2) is 33.9 Å². The van der Waals surface area contributed by atoms with E-state index in [1.165, 1.54) is 6.92 Å². The average molecular weight is 304 g/mol. The zero-order valence-electron chi connectivity index (χ0n) is 10.4. The summed E-state index contributed by atoms with van der Waals surface area (Å²) in [6.45, 7) is 0.148. The lowest BCUT2D eigenvalue weighted by Crippen LogP contribution is -2.37. The molecular formula is C12H11F3N2O2S. The van der Waals surface area contributed by atoms with Crippen molar-refractivity contribution < 1.29 is 22.4 Å². The van der Waals surface area contributed by atoms with Crippen LogP contribution in [-0.2, 0) is 4.79 Å². The number of amides is 1. The molecule has 108 valence electrons. The molecule has 0 spiro atoms. The van der Waals surface area contributed by atoms with Gasteiger partial charge in [-0.1, -0.05) is 23.9 Å². The van der Waals surface area contributed by atoms with Gasteiger partial charge in [0.2, 0.25) is 5.91 Å². The molecule has 1 aromatic heterocycles. The van der Waals surface area contributed by atoms with Crippen molar-refractivity contribution in [1.29, 1.82) is 0 Å². The minimum atomic E-state index is -4.42. The van der Waals surface area contributed by atoms with E-state index in [9.17, 15) is 18.0 Å². The fourth-order valence-corrected chi connectivity index (χ4v) is 2.22. The number of aromatic nitrogens is 1. The third-order valence-electron chi connectivity index (χ3n) is 2.38. The number of fused-ring (bicyclic) bond motifs is 1. The van der Waals surface area contributed by atoms with Gasteiger partial charge in [0.15, 0.2) is 5.58 Å². The fourth-order valence-electron chi connectivity index (χ4n) is 1.44. The van der Waals surface area contributed by atoms with E-state index in [-0.39, 0.29) is 5.22 Å². The number of carbonyl (C=O) groups excluding carboxylic acids is 1. The van der Waals surface area contributed by atoms with Crippen molar-refractivity contribution in [2.24, 2.45) is 0 Å². The number of carbonyl (C=O) groups is 1. The van der Waals surface area contributed by atoms with Gasteiger partial charge < -0.3 is 9.73 Å². The van der Waals surface area contributed by atoms with Crippen LogP contribution in [0.3, 0.4) is 0 Å². The lowest BCUT2D eigenvalue weighted by atomic mass is 10.3. The number of hydrogen-bond donors (Lipinski definition) is 1. The first-order valence-electron chi connectivity index (χ1n) is 5.72. The highest BCUT2D eigenvalue weighted by Gasteiger charge is 2.29. The molecule has 20 heavy (non-hydrogen) atoms. The van der Waals surface area contributed by atoms with Crippen LogP contribution < -0.4 is 5.32 Å². The van der Waals surface area contributed by atoms with E-state index in [1.807, 2.05) is 5.32 Å². The highest BCUT2D eigenvalue weighted by Crippen LogP contribution is 2.26. The molecule has 1 N–H and O–H groups in total. The van der Waals surface area contributed by atoms with Crippen LogP contribution in [-0.4, -0.2) is 28.9 Å². The first-order chi connectivity index (χ1) is 9.35. The Balaban J connectivity index is 1.96. The van der Waals surface area contributed by atoms with Crippen LogP contribution in [0.5, 0.6) is 0 Å². The maximum Gasteiger partial charge on any atom is 0.405 e. The van der Waals surface area contributed by atoms with Crippen molar-refractivity contribution in [3.05, 3.63) is 24.3 Å². The fraction of sp³-hybridized carbons (Fsp3) is 0.333.